The molecule has 1 aromatic heterocycles. The van der Waals surface area contributed by atoms with Gasteiger partial charge in [0.25, 0.3) is 0 Å². The summed E-state index contributed by atoms with van der Waals surface area (Å²) in [5, 5.41) is 21.6. The molecule has 15 heavy (non-hydrogen) atoms. The molecule has 0 saturated heterocycles. The molecule has 2 rings (SSSR count). The molecular formula is C11H11NO3. The standard InChI is InChI=1S/C11H11NO3/c13-7-9-6-11(15-12-9)5-8-1-3-10(14)4-2-8/h1-4,6,13-14H,5,7H2. The Kier molecular flexibility index (Phi) is 2.69. The summed E-state index contributed by atoms with van der Waals surface area (Å²) in [4.78, 5) is 0. The Labute approximate surface area is 86.8 Å². The van der Waals surface area contributed by atoms with E-state index in [0.29, 0.717) is 17.9 Å². The Morgan fingerprint density at radius 3 is 2.53 bits per heavy atom. The number of aromatic hydroxyl groups is 1. The Balaban J connectivity index is 2.11. The number of aromatic nitrogens is 1. The number of benzene rings is 1. The molecule has 0 saturated carbocycles. The van der Waals surface area contributed by atoms with Gasteiger partial charge in [0.05, 0.1) is 6.61 Å². The van der Waals surface area contributed by atoms with Crippen LogP contribution >= 0.6 is 0 Å². The van der Waals surface area contributed by atoms with E-state index in [1.165, 1.54) is 0 Å². The van der Waals surface area contributed by atoms with Crippen LogP contribution in [0.1, 0.15) is 17.0 Å². The number of aliphatic hydroxyl groups excluding tert-OH is 1. The summed E-state index contributed by atoms with van der Waals surface area (Å²) < 4.78 is 5.02. The summed E-state index contributed by atoms with van der Waals surface area (Å²) >= 11 is 0. The fraction of sp³-hybridized carbons (Fsp3) is 0.182. The number of rotatable bonds is 3. The summed E-state index contributed by atoms with van der Waals surface area (Å²) in [7, 11) is 0. The average molecular weight is 205 g/mol. The molecular weight excluding hydrogens is 194 g/mol. The normalized spacial score (nSPS) is 10.5. The lowest BCUT2D eigenvalue weighted by molar-refractivity contribution is 0.265. The summed E-state index contributed by atoms with van der Waals surface area (Å²) in [6.45, 7) is -0.112. The number of hydrogen-bond donors (Lipinski definition) is 2. The number of phenolic OH excluding ortho intramolecular Hbond substituents is 1. The molecule has 78 valence electrons. The highest BCUT2D eigenvalue weighted by molar-refractivity contribution is 5.28. The zero-order valence-electron chi connectivity index (χ0n) is 8.05. The minimum absolute atomic E-state index is 0.112. The topological polar surface area (TPSA) is 66.5 Å². The van der Waals surface area contributed by atoms with Crippen LogP contribution in [0.25, 0.3) is 0 Å². The van der Waals surface area contributed by atoms with Crippen molar-refractivity contribution >= 4 is 0 Å². The molecule has 1 heterocycles. The van der Waals surface area contributed by atoms with Crippen LogP contribution in [0.15, 0.2) is 34.9 Å². The minimum atomic E-state index is -0.112. The van der Waals surface area contributed by atoms with Gasteiger partial charge < -0.3 is 14.7 Å². The molecule has 2 N–H and O–H groups in total. The summed E-state index contributed by atoms with van der Waals surface area (Å²) in [6, 6.07) is 8.59. The second-order valence-electron chi connectivity index (χ2n) is 3.29. The van der Waals surface area contributed by atoms with E-state index in [9.17, 15) is 0 Å². The quantitative estimate of drug-likeness (QED) is 0.796. The molecule has 0 spiro atoms. The van der Waals surface area contributed by atoms with E-state index in [4.69, 9.17) is 14.7 Å². The van der Waals surface area contributed by atoms with Crippen LogP contribution < -0.4 is 0 Å². The van der Waals surface area contributed by atoms with Gasteiger partial charge in [0, 0.05) is 12.5 Å². The number of nitrogens with zero attached hydrogens (tertiary/aromatic N) is 1. The number of phenols is 1. The molecule has 0 bridgehead atoms. The summed E-state index contributed by atoms with van der Waals surface area (Å²) in [6.07, 6.45) is 0.604. The number of aliphatic hydroxyl groups is 1. The predicted molar refractivity (Wildman–Crippen MR) is 53.3 cm³/mol. The average Bonchev–Trinajstić information content (AvgIpc) is 2.69. The molecule has 0 amide bonds. The molecule has 4 heteroatoms. The first-order valence-electron chi connectivity index (χ1n) is 4.61. The second-order valence-corrected chi connectivity index (χ2v) is 3.29. The van der Waals surface area contributed by atoms with Crippen LogP contribution in [0, 0.1) is 0 Å². The van der Waals surface area contributed by atoms with Crippen molar-refractivity contribution in [1.82, 2.24) is 5.16 Å². The molecule has 0 aliphatic carbocycles. The van der Waals surface area contributed by atoms with Crippen molar-refractivity contribution in [1.29, 1.82) is 0 Å². The predicted octanol–water partition coefficient (Wildman–Crippen LogP) is 1.46. The lowest BCUT2D eigenvalue weighted by atomic mass is 10.1. The zero-order chi connectivity index (χ0) is 10.7. The zero-order valence-corrected chi connectivity index (χ0v) is 8.05. The van der Waals surface area contributed by atoms with Gasteiger partial charge in [-0.3, -0.25) is 0 Å². The second kappa shape index (κ2) is 4.14. The van der Waals surface area contributed by atoms with Gasteiger partial charge in [-0.05, 0) is 17.7 Å². The molecule has 1 aromatic carbocycles. The van der Waals surface area contributed by atoms with Crippen molar-refractivity contribution < 1.29 is 14.7 Å². The Morgan fingerprint density at radius 2 is 1.93 bits per heavy atom. The van der Waals surface area contributed by atoms with Crippen LogP contribution in [-0.2, 0) is 13.0 Å². The highest BCUT2D eigenvalue weighted by Crippen LogP contribution is 2.14. The van der Waals surface area contributed by atoms with E-state index < -0.39 is 0 Å². The van der Waals surface area contributed by atoms with Crippen molar-refractivity contribution in [2.24, 2.45) is 0 Å². The monoisotopic (exact) mass is 205 g/mol. The smallest absolute Gasteiger partial charge is 0.141 e. The summed E-state index contributed by atoms with van der Waals surface area (Å²) in [5.41, 5.74) is 1.55. The van der Waals surface area contributed by atoms with Gasteiger partial charge in [-0.1, -0.05) is 17.3 Å². The van der Waals surface area contributed by atoms with Crippen molar-refractivity contribution in [3.05, 3.63) is 47.3 Å². The maximum atomic E-state index is 9.10. The molecule has 0 fully saturated rings. The van der Waals surface area contributed by atoms with Gasteiger partial charge in [-0.2, -0.15) is 0 Å². The maximum absolute atomic E-state index is 9.10. The van der Waals surface area contributed by atoms with Gasteiger partial charge in [0.2, 0.25) is 0 Å². The third kappa shape index (κ3) is 2.35. The molecule has 0 aliphatic rings. The van der Waals surface area contributed by atoms with Crippen LogP contribution in [0.2, 0.25) is 0 Å². The van der Waals surface area contributed by atoms with Gasteiger partial charge >= 0.3 is 0 Å². The maximum Gasteiger partial charge on any atom is 0.141 e. The van der Waals surface area contributed by atoms with Crippen LogP contribution in [0.5, 0.6) is 5.75 Å². The van der Waals surface area contributed by atoms with Gasteiger partial charge in [-0.25, -0.2) is 0 Å². The molecule has 0 atom stereocenters. The third-order valence-electron chi connectivity index (χ3n) is 2.08. The van der Waals surface area contributed by atoms with Gasteiger partial charge in [-0.15, -0.1) is 0 Å². The van der Waals surface area contributed by atoms with Crippen molar-refractivity contribution in [2.75, 3.05) is 0 Å². The highest BCUT2D eigenvalue weighted by Gasteiger charge is 2.04. The van der Waals surface area contributed by atoms with Crippen LogP contribution in [0.4, 0.5) is 0 Å². The lowest BCUT2D eigenvalue weighted by Gasteiger charge is -1.96. The Hall–Kier alpha value is -1.81. The minimum Gasteiger partial charge on any atom is -0.508 e. The van der Waals surface area contributed by atoms with E-state index in [1.807, 2.05) is 12.1 Å². The fourth-order valence-electron chi connectivity index (χ4n) is 1.33. The van der Waals surface area contributed by atoms with E-state index in [2.05, 4.69) is 5.16 Å². The van der Waals surface area contributed by atoms with Crippen LogP contribution in [0.3, 0.4) is 0 Å². The van der Waals surface area contributed by atoms with Gasteiger partial charge in [0.15, 0.2) is 0 Å². The molecule has 2 aromatic rings. The lowest BCUT2D eigenvalue weighted by Crippen LogP contribution is -1.84. The fourth-order valence-corrected chi connectivity index (χ4v) is 1.33. The van der Waals surface area contributed by atoms with Crippen molar-refractivity contribution in [3.8, 4) is 5.75 Å². The Bertz CT molecular complexity index is 433. The first-order chi connectivity index (χ1) is 7.28. The van der Waals surface area contributed by atoms with Crippen molar-refractivity contribution in [2.45, 2.75) is 13.0 Å². The number of hydrogen-bond acceptors (Lipinski definition) is 4. The van der Waals surface area contributed by atoms with E-state index in [-0.39, 0.29) is 12.4 Å². The van der Waals surface area contributed by atoms with E-state index >= 15 is 0 Å². The summed E-state index contributed by atoms with van der Waals surface area (Å²) in [5.74, 6) is 0.942. The molecule has 0 radical (unpaired) electrons. The third-order valence-corrected chi connectivity index (χ3v) is 2.08. The molecule has 0 aliphatic heterocycles. The highest BCUT2D eigenvalue weighted by atomic mass is 16.5. The van der Waals surface area contributed by atoms with E-state index in [0.717, 1.165) is 5.56 Å². The first-order valence-corrected chi connectivity index (χ1v) is 4.61. The molecule has 4 nitrogen and oxygen atoms in total. The largest absolute Gasteiger partial charge is 0.508 e. The van der Waals surface area contributed by atoms with Gasteiger partial charge in [0.1, 0.15) is 17.2 Å². The molecule has 0 unspecified atom stereocenters. The van der Waals surface area contributed by atoms with Crippen molar-refractivity contribution in [3.63, 3.8) is 0 Å². The first kappa shape index (κ1) is 9.73. The Morgan fingerprint density at radius 1 is 1.20 bits per heavy atom. The van der Waals surface area contributed by atoms with Crippen LogP contribution in [-0.4, -0.2) is 15.4 Å². The SMILES string of the molecule is OCc1cc(Cc2ccc(O)cc2)on1. The van der Waals surface area contributed by atoms with E-state index in [1.54, 1.807) is 18.2 Å².